The average Bonchev–Trinajstić information content (AvgIpc) is 2.68. The molecule has 0 aliphatic carbocycles. The van der Waals surface area contributed by atoms with Crippen LogP contribution in [0.5, 0.6) is 0 Å². The second kappa shape index (κ2) is 6.55. The van der Waals surface area contributed by atoms with Gasteiger partial charge in [0.05, 0.1) is 13.2 Å². The molecule has 2 aliphatic heterocycles. The molecule has 1 N–H and O–H groups in total. The van der Waals surface area contributed by atoms with Gasteiger partial charge in [-0.15, -0.1) is 0 Å². The van der Waals surface area contributed by atoms with E-state index in [1.807, 2.05) is 0 Å². The van der Waals surface area contributed by atoms with Gasteiger partial charge in [-0.2, -0.15) is 0 Å². The number of ether oxygens (including phenoxy) is 1. The number of aliphatic hydroxyl groups excluding tert-OH is 1. The summed E-state index contributed by atoms with van der Waals surface area (Å²) in [6, 6.07) is 0. The van der Waals surface area contributed by atoms with E-state index in [0.717, 1.165) is 45.3 Å². The highest BCUT2D eigenvalue weighted by molar-refractivity contribution is 4.74. The van der Waals surface area contributed by atoms with Gasteiger partial charge in [-0.1, -0.05) is 0 Å². The summed E-state index contributed by atoms with van der Waals surface area (Å²) in [5.41, 5.74) is 0. The van der Waals surface area contributed by atoms with Crippen molar-refractivity contribution in [3.05, 3.63) is 0 Å². The molecular formula is C12H24N2O2. The second-order valence-corrected chi connectivity index (χ2v) is 4.95. The monoisotopic (exact) mass is 228 g/mol. The lowest BCUT2D eigenvalue weighted by Gasteiger charge is -2.23. The third-order valence-corrected chi connectivity index (χ3v) is 3.64. The number of β-amino-alcohol motifs (C(OH)–C–C–N with tert-alkyl or cyclic N) is 1. The maximum Gasteiger partial charge on any atom is 0.0558 e. The summed E-state index contributed by atoms with van der Waals surface area (Å²) in [6.07, 6.45) is 2.46. The molecule has 2 saturated heterocycles. The fourth-order valence-electron chi connectivity index (χ4n) is 2.66. The molecule has 2 rings (SSSR count). The molecule has 2 heterocycles. The third kappa shape index (κ3) is 3.70. The number of rotatable bonds is 4. The standard InChI is InChI=1S/C12H24N2O2/c15-8-7-13-3-1-4-14(6-5-13)10-12-2-9-16-11-12/h12,15H,1-11H2. The topological polar surface area (TPSA) is 35.9 Å². The predicted molar refractivity (Wildman–Crippen MR) is 63.5 cm³/mol. The Labute approximate surface area is 98.2 Å². The maximum atomic E-state index is 8.93. The van der Waals surface area contributed by atoms with Gasteiger partial charge in [0.2, 0.25) is 0 Å². The molecule has 2 aliphatic rings. The van der Waals surface area contributed by atoms with Crippen LogP contribution < -0.4 is 0 Å². The van der Waals surface area contributed by atoms with Gasteiger partial charge in [0, 0.05) is 32.8 Å². The Morgan fingerprint density at radius 1 is 1.12 bits per heavy atom. The molecule has 0 saturated carbocycles. The Kier molecular flexibility index (Phi) is 5.03. The smallest absolute Gasteiger partial charge is 0.0558 e. The number of aliphatic hydroxyl groups is 1. The summed E-state index contributed by atoms with van der Waals surface area (Å²) in [6.45, 7) is 8.83. The van der Waals surface area contributed by atoms with Gasteiger partial charge in [-0.25, -0.2) is 0 Å². The van der Waals surface area contributed by atoms with Crippen molar-refractivity contribution in [2.45, 2.75) is 12.8 Å². The van der Waals surface area contributed by atoms with Crippen LogP contribution in [0.3, 0.4) is 0 Å². The van der Waals surface area contributed by atoms with E-state index >= 15 is 0 Å². The van der Waals surface area contributed by atoms with Crippen LogP contribution >= 0.6 is 0 Å². The van der Waals surface area contributed by atoms with Gasteiger partial charge in [0.1, 0.15) is 0 Å². The summed E-state index contributed by atoms with van der Waals surface area (Å²) in [4.78, 5) is 4.93. The van der Waals surface area contributed by atoms with Gasteiger partial charge < -0.3 is 14.7 Å². The van der Waals surface area contributed by atoms with E-state index in [1.54, 1.807) is 0 Å². The molecule has 4 heteroatoms. The van der Waals surface area contributed by atoms with Gasteiger partial charge in [0.25, 0.3) is 0 Å². The molecular weight excluding hydrogens is 204 g/mol. The molecule has 1 atom stereocenters. The predicted octanol–water partition coefficient (Wildman–Crippen LogP) is 0.0229. The van der Waals surface area contributed by atoms with Crippen LogP contribution in [0.15, 0.2) is 0 Å². The number of nitrogens with zero attached hydrogens (tertiary/aromatic N) is 2. The van der Waals surface area contributed by atoms with Crippen LogP contribution in [-0.4, -0.2) is 74.0 Å². The van der Waals surface area contributed by atoms with Gasteiger partial charge in [-0.3, -0.25) is 4.90 Å². The quantitative estimate of drug-likeness (QED) is 0.736. The van der Waals surface area contributed by atoms with Crippen molar-refractivity contribution < 1.29 is 9.84 Å². The fraction of sp³-hybridized carbons (Fsp3) is 1.00. The number of hydrogen-bond acceptors (Lipinski definition) is 4. The highest BCUT2D eigenvalue weighted by atomic mass is 16.5. The minimum atomic E-state index is 0.288. The lowest BCUT2D eigenvalue weighted by molar-refractivity contribution is 0.165. The first-order valence-corrected chi connectivity index (χ1v) is 6.52. The van der Waals surface area contributed by atoms with Crippen molar-refractivity contribution in [2.24, 2.45) is 5.92 Å². The Bertz CT molecular complexity index is 195. The maximum absolute atomic E-state index is 8.93. The van der Waals surface area contributed by atoms with E-state index in [0.29, 0.717) is 0 Å². The zero-order valence-electron chi connectivity index (χ0n) is 10.1. The molecule has 0 radical (unpaired) electrons. The molecule has 0 aromatic carbocycles. The lowest BCUT2D eigenvalue weighted by Crippen LogP contribution is -2.35. The molecule has 2 fully saturated rings. The molecule has 1 unspecified atom stereocenters. The number of hydrogen-bond donors (Lipinski definition) is 1. The van der Waals surface area contributed by atoms with Crippen molar-refractivity contribution in [3.63, 3.8) is 0 Å². The molecule has 0 aromatic heterocycles. The zero-order valence-corrected chi connectivity index (χ0v) is 10.1. The Hall–Kier alpha value is -0.160. The molecule has 4 nitrogen and oxygen atoms in total. The minimum Gasteiger partial charge on any atom is -0.395 e. The Balaban J connectivity index is 1.70. The first-order valence-electron chi connectivity index (χ1n) is 6.52. The largest absolute Gasteiger partial charge is 0.395 e. The van der Waals surface area contributed by atoms with Gasteiger partial charge >= 0.3 is 0 Å². The van der Waals surface area contributed by atoms with E-state index < -0.39 is 0 Å². The molecule has 94 valence electrons. The highest BCUT2D eigenvalue weighted by Crippen LogP contribution is 2.15. The Morgan fingerprint density at radius 3 is 2.69 bits per heavy atom. The van der Waals surface area contributed by atoms with Gasteiger partial charge in [0.15, 0.2) is 0 Å². The van der Waals surface area contributed by atoms with Crippen LogP contribution in [-0.2, 0) is 4.74 Å². The van der Waals surface area contributed by atoms with Crippen LogP contribution in [0.4, 0.5) is 0 Å². The average molecular weight is 228 g/mol. The van der Waals surface area contributed by atoms with Crippen LogP contribution in [0.2, 0.25) is 0 Å². The highest BCUT2D eigenvalue weighted by Gasteiger charge is 2.21. The summed E-state index contributed by atoms with van der Waals surface area (Å²) < 4.78 is 5.42. The lowest BCUT2D eigenvalue weighted by atomic mass is 10.1. The van der Waals surface area contributed by atoms with Crippen LogP contribution in [0.1, 0.15) is 12.8 Å². The van der Waals surface area contributed by atoms with E-state index in [2.05, 4.69) is 9.80 Å². The third-order valence-electron chi connectivity index (χ3n) is 3.64. The molecule has 16 heavy (non-hydrogen) atoms. The minimum absolute atomic E-state index is 0.288. The second-order valence-electron chi connectivity index (χ2n) is 4.95. The summed E-state index contributed by atoms with van der Waals surface area (Å²) >= 11 is 0. The Morgan fingerprint density at radius 2 is 1.94 bits per heavy atom. The van der Waals surface area contributed by atoms with Crippen molar-refractivity contribution in [3.8, 4) is 0 Å². The first kappa shape index (κ1) is 12.3. The van der Waals surface area contributed by atoms with E-state index in [9.17, 15) is 0 Å². The van der Waals surface area contributed by atoms with Crippen molar-refractivity contribution >= 4 is 0 Å². The molecule has 0 amide bonds. The summed E-state index contributed by atoms with van der Waals surface area (Å²) in [7, 11) is 0. The molecule has 0 aromatic rings. The fourth-order valence-corrected chi connectivity index (χ4v) is 2.66. The molecule has 0 spiro atoms. The summed E-state index contributed by atoms with van der Waals surface area (Å²) in [5.74, 6) is 0.754. The summed E-state index contributed by atoms with van der Waals surface area (Å²) in [5, 5.41) is 8.93. The normalized spacial score (nSPS) is 29.4. The van der Waals surface area contributed by atoms with Crippen molar-refractivity contribution in [1.29, 1.82) is 0 Å². The van der Waals surface area contributed by atoms with E-state index in [-0.39, 0.29) is 6.61 Å². The van der Waals surface area contributed by atoms with E-state index in [1.165, 1.54) is 25.9 Å². The first-order chi connectivity index (χ1) is 7.88. The van der Waals surface area contributed by atoms with Crippen LogP contribution in [0.25, 0.3) is 0 Å². The SMILES string of the molecule is OCCN1CCCN(CC2CCOC2)CC1. The molecule has 0 bridgehead atoms. The van der Waals surface area contributed by atoms with Crippen molar-refractivity contribution in [2.75, 3.05) is 59.1 Å². The van der Waals surface area contributed by atoms with E-state index in [4.69, 9.17) is 9.84 Å². The van der Waals surface area contributed by atoms with Crippen LogP contribution in [0, 0.1) is 5.92 Å². The van der Waals surface area contributed by atoms with Gasteiger partial charge in [-0.05, 0) is 31.8 Å². The van der Waals surface area contributed by atoms with Crippen molar-refractivity contribution in [1.82, 2.24) is 9.80 Å². The zero-order chi connectivity index (χ0) is 11.2.